The number of carbonyl (C=O) groups is 1. The fourth-order valence-electron chi connectivity index (χ4n) is 1.35. The maximum absolute atomic E-state index is 11.3. The minimum absolute atomic E-state index is 0.342. The minimum Gasteiger partial charge on any atom is -0.465 e. The second-order valence-corrected chi connectivity index (χ2v) is 3.60. The molecule has 2 aromatic heterocycles. The molecule has 0 aliphatic rings. The smallest absolute Gasteiger partial charge is 0.339 e. The molecule has 0 aliphatic carbocycles. The van der Waals surface area contributed by atoms with E-state index in [0.717, 1.165) is 11.3 Å². The number of fused-ring (bicyclic) bond motifs is 1. The number of imidazole rings is 1. The molecule has 0 fully saturated rings. The predicted molar refractivity (Wildman–Crippen MR) is 59.2 cm³/mol. The van der Waals surface area contributed by atoms with Crippen LogP contribution in [-0.4, -0.2) is 22.5 Å². The molecule has 0 saturated carbocycles. The molecule has 0 N–H and O–H groups in total. The summed E-state index contributed by atoms with van der Waals surface area (Å²) in [4.78, 5) is 15.6. The number of hydrogen-bond donors (Lipinski definition) is 0. The Morgan fingerprint density at radius 2 is 2.33 bits per heavy atom. The van der Waals surface area contributed by atoms with Crippen molar-refractivity contribution in [1.29, 1.82) is 0 Å². The number of carbonyl (C=O) groups excluding carboxylic acids is 1. The number of rotatable bonds is 2. The first-order valence-corrected chi connectivity index (χ1v) is 5.48. The summed E-state index contributed by atoms with van der Waals surface area (Å²) >= 11 is 3.33. The van der Waals surface area contributed by atoms with Crippen molar-refractivity contribution in [1.82, 2.24) is 9.38 Å². The van der Waals surface area contributed by atoms with E-state index in [1.807, 2.05) is 10.6 Å². The van der Waals surface area contributed by atoms with Crippen LogP contribution in [0.1, 0.15) is 16.1 Å². The number of ether oxygens (including phenoxy) is 1. The van der Waals surface area contributed by atoms with Crippen LogP contribution in [0.2, 0.25) is 0 Å². The van der Waals surface area contributed by atoms with Crippen LogP contribution in [0.15, 0.2) is 24.5 Å². The van der Waals surface area contributed by atoms with E-state index >= 15 is 0 Å². The summed E-state index contributed by atoms with van der Waals surface area (Å²) in [5.41, 5.74) is 2.26. The lowest BCUT2D eigenvalue weighted by molar-refractivity contribution is 0.0600. The molecule has 0 saturated heterocycles. The third-order valence-electron chi connectivity index (χ3n) is 2.06. The van der Waals surface area contributed by atoms with Crippen LogP contribution in [0.5, 0.6) is 0 Å². The van der Waals surface area contributed by atoms with Crippen molar-refractivity contribution >= 4 is 27.5 Å². The first-order valence-electron chi connectivity index (χ1n) is 4.36. The highest BCUT2D eigenvalue weighted by Gasteiger charge is 2.07. The second kappa shape index (κ2) is 4.02. The average molecular weight is 269 g/mol. The number of methoxy groups -OCH3 is 1. The standard InChI is InChI=1S/C10H9BrN2O2/c1-15-10(14)7-2-3-9-12-8(4-11)6-13(9)5-7/h2-3,5-6H,4H2,1H3. The third kappa shape index (κ3) is 1.87. The van der Waals surface area contributed by atoms with Crippen LogP contribution in [0.3, 0.4) is 0 Å². The summed E-state index contributed by atoms with van der Waals surface area (Å²) in [7, 11) is 1.37. The summed E-state index contributed by atoms with van der Waals surface area (Å²) in [6.07, 6.45) is 3.58. The highest BCUT2D eigenvalue weighted by atomic mass is 79.9. The summed E-state index contributed by atoms with van der Waals surface area (Å²) in [6.45, 7) is 0. The van der Waals surface area contributed by atoms with Gasteiger partial charge >= 0.3 is 5.97 Å². The van der Waals surface area contributed by atoms with E-state index in [-0.39, 0.29) is 5.97 Å². The maximum Gasteiger partial charge on any atom is 0.339 e. The van der Waals surface area contributed by atoms with Gasteiger partial charge in [0.1, 0.15) is 5.65 Å². The molecular formula is C10H9BrN2O2. The first-order chi connectivity index (χ1) is 7.24. The lowest BCUT2D eigenvalue weighted by Gasteiger charge is -1.99. The van der Waals surface area contributed by atoms with Crippen LogP contribution in [0.4, 0.5) is 0 Å². The van der Waals surface area contributed by atoms with Crippen molar-refractivity contribution in [3.8, 4) is 0 Å². The fourth-order valence-corrected chi connectivity index (χ4v) is 1.62. The Bertz CT molecular complexity index is 507. The molecule has 0 amide bonds. The number of esters is 1. The molecule has 15 heavy (non-hydrogen) atoms. The van der Waals surface area contributed by atoms with E-state index in [2.05, 4.69) is 25.7 Å². The SMILES string of the molecule is COC(=O)c1ccc2nc(CBr)cn2c1. The second-order valence-electron chi connectivity index (χ2n) is 3.04. The Morgan fingerprint density at radius 1 is 1.53 bits per heavy atom. The molecule has 2 rings (SSSR count). The summed E-state index contributed by atoms with van der Waals surface area (Å²) in [5.74, 6) is -0.342. The van der Waals surface area contributed by atoms with E-state index < -0.39 is 0 Å². The van der Waals surface area contributed by atoms with Crippen molar-refractivity contribution in [2.75, 3.05) is 7.11 Å². The minimum atomic E-state index is -0.342. The molecule has 0 aliphatic heterocycles. The molecule has 4 nitrogen and oxygen atoms in total. The third-order valence-corrected chi connectivity index (χ3v) is 2.63. The van der Waals surface area contributed by atoms with Crippen LogP contribution >= 0.6 is 15.9 Å². The number of pyridine rings is 1. The molecule has 0 atom stereocenters. The van der Waals surface area contributed by atoms with Gasteiger partial charge in [0.05, 0.1) is 18.4 Å². The Morgan fingerprint density at radius 3 is 3.00 bits per heavy atom. The summed E-state index contributed by atoms with van der Waals surface area (Å²) in [6, 6.07) is 3.49. The zero-order valence-electron chi connectivity index (χ0n) is 8.11. The van der Waals surface area contributed by atoms with Crippen LogP contribution in [0, 0.1) is 0 Å². The van der Waals surface area contributed by atoms with Crippen molar-refractivity contribution in [2.24, 2.45) is 0 Å². The van der Waals surface area contributed by atoms with E-state index in [9.17, 15) is 4.79 Å². The van der Waals surface area contributed by atoms with Gasteiger partial charge in [-0.2, -0.15) is 0 Å². The Balaban J connectivity index is 2.50. The predicted octanol–water partition coefficient (Wildman–Crippen LogP) is 2.02. The van der Waals surface area contributed by atoms with Gasteiger partial charge in [0.2, 0.25) is 0 Å². The van der Waals surface area contributed by atoms with Gasteiger partial charge in [0.25, 0.3) is 0 Å². The molecule has 2 heterocycles. The maximum atomic E-state index is 11.3. The Labute approximate surface area is 95.0 Å². The monoisotopic (exact) mass is 268 g/mol. The molecular weight excluding hydrogens is 260 g/mol. The summed E-state index contributed by atoms with van der Waals surface area (Å²) < 4.78 is 6.44. The Hall–Kier alpha value is -1.36. The molecule has 78 valence electrons. The van der Waals surface area contributed by atoms with Gasteiger partial charge in [-0.3, -0.25) is 0 Å². The number of halogens is 1. The van der Waals surface area contributed by atoms with Gasteiger partial charge in [-0.25, -0.2) is 9.78 Å². The van der Waals surface area contributed by atoms with Gasteiger partial charge in [-0.15, -0.1) is 0 Å². The average Bonchev–Trinajstić information content (AvgIpc) is 2.69. The number of aromatic nitrogens is 2. The molecule has 0 aromatic carbocycles. The molecule has 2 aromatic rings. The van der Waals surface area contributed by atoms with Gasteiger partial charge in [-0.1, -0.05) is 15.9 Å². The highest BCUT2D eigenvalue weighted by Crippen LogP contribution is 2.10. The zero-order chi connectivity index (χ0) is 10.8. The molecule has 5 heteroatoms. The first kappa shape index (κ1) is 10.2. The van der Waals surface area contributed by atoms with Crippen molar-refractivity contribution in [3.63, 3.8) is 0 Å². The van der Waals surface area contributed by atoms with Crippen LogP contribution < -0.4 is 0 Å². The number of hydrogen-bond acceptors (Lipinski definition) is 3. The molecule has 0 spiro atoms. The molecule has 0 radical (unpaired) electrons. The van der Waals surface area contributed by atoms with Gasteiger partial charge in [-0.05, 0) is 12.1 Å². The largest absolute Gasteiger partial charge is 0.465 e. The van der Waals surface area contributed by atoms with E-state index in [1.54, 1.807) is 18.3 Å². The van der Waals surface area contributed by atoms with E-state index in [4.69, 9.17) is 0 Å². The quantitative estimate of drug-likeness (QED) is 0.618. The number of alkyl halides is 1. The Kier molecular flexibility index (Phi) is 2.73. The number of nitrogens with zero attached hydrogens (tertiary/aromatic N) is 2. The fraction of sp³-hybridized carbons (Fsp3) is 0.200. The van der Waals surface area contributed by atoms with Crippen molar-refractivity contribution in [2.45, 2.75) is 5.33 Å². The normalized spacial score (nSPS) is 10.5. The topological polar surface area (TPSA) is 43.6 Å². The molecule has 0 bridgehead atoms. The summed E-state index contributed by atoms with van der Waals surface area (Å²) in [5, 5.41) is 0.697. The van der Waals surface area contributed by atoms with E-state index in [1.165, 1.54) is 7.11 Å². The van der Waals surface area contributed by atoms with Gasteiger partial charge < -0.3 is 9.14 Å². The van der Waals surface area contributed by atoms with E-state index in [0.29, 0.717) is 10.9 Å². The van der Waals surface area contributed by atoms with Gasteiger partial charge in [0.15, 0.2) is 0 Å². The molecule has 0 unspecified atom stereocenters. The van der Waals surface area contributed by atoms with Crippen molar-refractivity contribution in [3.05, 3.63) is 35.8 Å². The van der Waals surface area contributed by atoms with Crippen LogP contribution in [0.25, 0.3) is 5.65 Å². The lowest BCUT2D eigenvalue weighted by atomic mass is 10.3. The van der Waals surface area contributed by atoms with Crippen LogP contribution in [-0.2, 0) is 10.1 Å². The lowest BCUT2D eigenvalue weighted by Crippen LogP contribution is -2.02. The van der Waals surface area contributed by atoms with Gasteiger partial charge in [0, 0.05) is 17.7 Å². The zero-order valence-corrected chi connectivity index (χ0v) is 9.69. The highest BCUT2D eigenvalue weighted by molar-refractivity contribution is 9.08. The van der Waals surface area contributed by atoms with Crippen molar-refractivity contribution < 1.29 is 9.53 Å².